The summed E-state index contributed by atoms with van der Waals surface area (Å²) < 4.78 is 0. The van der Waals surface area contributed by atoms with Crippen LogP contribution in [0.15, 0.2) is 0 Å². The molecule has 0 aromatic carbocycles. The molecule has 0 radical (unpaired) electrons. The predicted octanol–water partition coefficient (Wildman–Crippen LogP) is -1.86. The van der Waals surface area contributed by atoms with E-state index in [0.717, 1.165) is 52.4 Å². The molecule has 33 heavy (non-hydrogen) atoms. The Bertz CT molecular complexity index is 593. The van der Waals surface area contributed by atoms with Crippen LogP contribution in [-0.2, 0) is 19.2 Å². The minimum absolute atomic E-state index is 0.110. The molecule has 0 unspecified atom stereocenters. The molecular weight excluding hydrogens is 432 g/mol. The number of carbonyl (C=O) groups is 4. The third-order valence-corrected chi connectivity index (χ3v) is 6.09. The van der Waals surface area contributed by atoms with E-state index in [1.165, 1.54) is 0 Å². The van der Waals surface area contributed by atoms with Gasteiger partial charge < -0.3 is 40.4 Å². The summed E-state index contributed by atoms with van der Waals surface area (Å²) in [5.41, 5.74) is 0. The average molecular weight is 471 g/mol. The van der Waals surface area contributed by atoms with Crippen molar-refractivity contribution in [2.45, 2.75) is 25.7 Å². The Hall–Kier alpha value is -2.28. The number of carboxylic acids is 2. The van der Waals surface area contributed by atoms with Crippen molar-refractivity contribution in [2.24, 2.45) is 0 Å². The van der Waals surface area contributed by atoms with Gasteiger partial charge in [-0.25, -0.2) is 0 Å². The molecule has 0 aromatic heterocycles. The van der Waals surface area contributed by atoms with E-state index in [9.17, 15) is 19.2 Å². The maximum absolute atomic E-state index is 12.0. The SMILES string of the molecule is O=C(O)CCN1CCN(CCC(=O)NCNC(=O)CCN2CCN(CCC(=O)O)CC2)CC1. The van der Waals surface area contributed by atoms with Crippen molar-refractivity contribution >= 4 is 23.8 Å². The highest BCUT2D eigenvalue weighted by atomic mass is 16.4. The van der Waals surface area contributed by atoms with E-state index in [1.807, 2.05) is 0 Å². The Morgan fingerprint density at radius 2 is 0.788 bits per heavy atom. The second kappa shape index (κ2) is 14.8. The van der Waals surface area contributed by atoms with E-state index in [4.69, 9.17) is 10.2 Å². The Labute approximate surface area is 194 Å². The van der Waals surface area contributed by atoms with Crippen molar-refractivity contribution in [1.29, 1.82) is 0 Å². The Morgan fingerprint density at radius 1 is 0.515 bits per heavy atom. The molecule has 2 saturated heterocycles. The van der Waals surface area contributed by atoms with Crippen LogP contribution in [0.25, 0.3) is 0 Å². The lowest BCUT2D eigenvalue weighted by Crippen LogP contribution is -2.48. The molecule has 0 bridgehead atoms. The quantitative estimate of drug-likeness (QED) is 0.213. The number of nitrogens with zero attached hydrogens (tertiary/aromatic N) is 4. The van der Waals surface area contributed by atoms with Gasteiger partial charge in [0, 0.05) is 91.4 Å². The van der Waals surface area contributed by atoms with Gasteiger partial charge in [-0.3, -0.25) is 19.2 Å². The predicted molar refractivity (Wildman–Crippen MR) is 121 cm³/mol. The van der Waals surface area contributed by atoms with Gasteiger partial charge in [-0.05, 0) is 0 Å². The zero-order valence-electron chi connectivity index (χ0n) is 19.3. The van der Waals surface area contributed by atoms with Gasteiger partial charge in [-0.15, -0.1) is 0 Å². The summed E-state index contributed by atoms with van der Waals surface area (Å²) in [5, 5.41) is 22.9. The first-order valence-corrected chi connectivity index (χ1v) is 11.7. The number of nitrogens with one attached hydrogen (secondary N) is 2. The van der Waals surface area contributed by atoms with Gasteiger partial charge in [-0.2, -0.15) is 0 Å². The zero-order chi connectivity index (χ0) is 24.1. The van der Waals surface area contributed by atoms with Crippen LogP contribution < -0.4 is 10.6 Å². The van der Waals surface area contributed by atoms with Crippen molar-refractivity contribution in [1.82, 2.24) is 30.2 Å². The minimum Gasteiger partial charge on any atom is -0.481 e. The molecule has 0 aliphatic carbocycles. The smallest absolute Gasteiger partial charge is 0.304 e. The standard InChI is InChI=1S/C21H38N6O6/c28-18(1-5-24-9-13-26(14-10-24)7-3-20(30)31)22-17-23-19(29)2-6-25-11-15-27(16-12-25)8-4-21(32)33/h1-17H2,(H,22,28)(H,23,29)(H,30,31)(H,32,33). The third kappa shape index (κ3) is 11.9. The molecule has 188 valence electrons. The van der Waals surface area contributed by atoms with Gasteiger partial charge in [0.2, 0.25) is 11.8 Å². The zero-order valence-corrected chi connectivity index (χ0v) is 19.3. The van der Waals surface area contributed by atoms with Gasteiger partial charge in [0.25, 0.3) is 0 Å². The van der Waals surface area contributed by atoms with Crippen molar-refractivity contribution in [3.8, 4) is 0 Å². The maximum Gasteiger partial charge on any atom is 0.304 e. The Morgan fingerprint density at radius 3 is 1.06 bits per heavy atom. The molecular formula is C21H38N6O6. The normalized spacial score (nSPS) is 18.7. The molecule has 2 fully saturated rings. The van der Waals surface area contributed by atoms with E-state index in [0.29, 0.717) is 39.0 Å². The molecule has 0 spiro atoms. The van der Waals surface area contributed by atoms with Crippen LogP contribution in [0.1, 0.15) is 25.7 Å². The molecule has 2 heterocycles. The van der Waals surface area contributed by atoms with Gasteiger partial charge in [0.1, 0.15) is 0 Å². The van der Waals surface area contributed by atoms with E-state index in [-0.39, 0.29) is 31.3 Å². The summed E-state index contributed by atoms with van der Waals surface area (Å²) in [6, 6.07) is 0. The lowest BCUT2D eigenvalue weighted by molar-refractivity contribution is -0.138. The molecule has 2 rings (SSSR count). The van der Waals surface area contributed by atoms with Crippen molar-refractivity contribution in [3.63, 3.8) is 0 Å². The highest BCUT2D eigenvalue weighted by molar-refractivity contribution is 5.78. The van der Waals surface area contributed by atoms with Crippen molar-refractivity contribution < 1.29 is 29.4 Å². The minimum atomic E-state index is -0.783. The van der Waals surface area contributed by atoms with E-state index < -0.39 is 11.9 Å². The average Bonchev–Trinajstić information content (AvgIpc) is 2.80. The van der Waals surface area contributed by atoms with E-state index in [1.54, 1.807) is 0 Å². The van der Waals surface area contributed by atoms with Gasteiger partial charge in [-0.1, -0.05) is 0 Å². The molecule has 0 atom stereocenters. The summed E-state index contributed by atoms with van der Waals surface area (Å²) >= 11 is 0. The number of hydrogen-bond acceptors (Lipinski definition) is 8. The van der Waals surface area contributed by atoms with Crippen LogP contribution in [0.2, 0.25) is 0 Å². The summed E-state index contributed by atoms with van der Waals surface area (Å²) in [6.45, 7) is 9.03. The van der Waals surface area contributed by atoms with E-state index >= 15 is 0 Å². The highest BCUT2D eigenvalue weighted by Crippen LogP contribution is 2.04. The first-order chi connectivity index (χ1) is 15.8. The number of carbonyl (C=O) groups excluding carboxylic acids is 2. The molecule has 2 aliphatic heterocycles. The molecule has 2 aliphatic rings. The largest absolute Gasteiger partial charge is 0.481 e. The second-order valence-electron chi connectivity index (χ2n) is 8.53. The molecule has 0 saturated carbocycles. The van der Waals surface area contributed by atoms with Crippen molar-refractivity contribution in [2.75, 3.05) is 85.2 Å². The van der Waals surface area contributed by atoms with Crippen LogP contribution in [0, 0.1) is 0 Å². The van der Waals surface area contributed by atoms with Crippen LogP contribution in [0.4, 0.5) is 0 Å². The summed E-state index contributed by atoms with van der Waals surface area (Å²) in [4.78, 5) is 54.0. The Kier molecular flexibility index (Phi) is 12.1. The fourth-order valence-corrected chi connectivity index (χ4v) is 3.92. The first-order valence-electron chi connectivity index (χ1n) is 11.7. The van der Waals surface area contributed by atoms with Crippen LogP contribution in [0.3, 0.4) is 0 Å². The molecule has 12 heteroatoms. The molecule has 4 N–H and O–H groups in total. The number of carboxylic acid groups (broad SMARTS) is 2. The maximum atomic E-state index is 12.0. The number of piperazine rings is 2. The first kappa shape index (κ1) is 27.0. The van der Waals surface area contributed by atoms with E-state index in [2.05, 4.69) is 30.2 Å². The fourth-order valence-electron chi connectivity index (χ4n) is 3.92. The summed E-state index contributed by atoms with van der Waals surface area (Å²) in [7, 11) is 0. The lowest BCUT2D eigenvalue weighted by atomic mass is 10.2. The number of rotatable bonds is 14. The lowest BCUT2D eigenvalue weighted by Gasteiger charge is -2.34. The second-order valence-corrected chi connectivity index (χ2v) is 8.53. The number of amides is 2. The molecule has 0 aromatic rings. The van der Waals surface area contributed by atoms with Crippen molar-refractivity contribution in [3.05, 3.63) is 0 Å². The van der Waals surface area contributed by atoms with Crippen LogP contribution in [-0.4, -0.2) is 139 Å². The Balaban J connectivity index is 1.46. The number of hydrogen-bond donors (Lipinski definition) is 4. The molecule has 2 amide bonds. The van der Waals surface area contributed by atoms with Gasteiger partial charge >= 0.3 is 11.9 Å². The van der Waals surface area contributed by atoms with Gasteiger partial charge in [0.05, 0.1) is 19.5 Å². The summed E-state index contributed by atoms with van der Waals surface area (Å²) in [5.74, 6) is -1.79. The monoisotopic (exact) mass is 470 g/mol. The van der Waals surface area contributed by atoms with Gasteiger partial charge in [0.15, 0.2) is 0 Å². The topological polar surface area (TPSA) is 146 Å². The fraction of sp³-hybridized carbons (Fsp3) is 0.810. The molecule has 12 nitrogen and oxygen atoms in total. The summed E-state index contributed by atoms with van der Waals surface area (Å²) in [6.07, 6.45) is 1.02. The third-order valence-electron chi connectivity index (χ3n) is 6.09. The number of aliphatic carboxylic acids is 2. The van der Waals surface area contributed by atoms with Crippen LogP contribution in [0.5, 0.6) is 0 Å². The van der Waals surface area contributed by atoms with Crippen LogP contribution >= 0.6 is 0 Å². The highest BCUT2D eigenvalue weighted by Gasteiger charge is 2.19.